The van der Waals surface area contributed by atoms with Crippen LogP contribution in [0, 0.1) is 0 Å². The maximum atomic E-state index is 9.54. The van der Waals surface area contributed by atoms with E-state index in [0.717, 1.165) is 16.5 Å². The Labute approximate surface area is 110 Å². The summed E-state index contributed by atoms with van der Waals surface area (Å²) in [4.78, 5) is 13.0. The lowest BCUT2D eigenvalue weighted by Gasteiger charge is -2.08. The van der Waals surface area contributed by atoms with Gasteiger partial charge in [-0.1, -0.05) is 0 Å². The van der Waals surface area contributed by atoms with Gasteiger partial charge in [-0.25, -0.2) is 9.97 Å². The number of anilines is 1. The molecular weight excluding hydrogens is 240 g/mol. The number of hydrogen-bond acceptors (Lipinski definition) is 5. The average Bonchev–Trinajstić information content (AvgIpc) is 2.47. The number of nitrogens with zero attached hydrogens (tertiary/aromatic N) is 3. The molecule has 0 fully saturated rings. The van der Waals surface area contributed by atoms with E-state index in [1.165, 1.54) is 0 Å². The number of pyridine rings is 1. The van der Waals surface area contributed by atoms with Gasteiger partial charge < -0.3 is 10.4 Å². The van der Waals surface area contributed by atoms with Gasteiger partial charge in [-0.3, -0.25) is 4.98 Å². The first-order valence-corrected chi connectivity index (χ1v) is 5.87. The minimum absolute atomic E-state index is 0.196. The van der Waals surface area contributed by atoms with Crippen molar-refractivity contribution in [3.63, 3.8) is 0 Å². The van der Waals surface area contributed by atoms with Gasteiger partial charge in [0.15, 0.2) is 5.82 Å². The van der Waals surface area contributed by atoms with E-state index in [-0.39, 0.29) is 5.75 Å². The Hall–Kier alpha value is -2.69. The van der Waals surface area contributed by atoms with Gasteiger partial charge in [0.1, 0.15) is 11.6 Å². The molecule has 0 bridgehead atoms. The summed E-state index contributed by atoms with van der Waals surface area (Å²) in [7, 11) is 1.79. The molecule has 5 nitrogen and oxygen atoms in total. The maximum Gasteiger partial charge on any atom is 0.163 e. The summed E-state index contributed by atoms with van der Waals surface area (Å²) in [6.07, 6.45) is 3.43. The Morgan fingerprint density at radius 2 is 2.05 bits per heavy atom. The minimum atomic E-state index is 0.196. The normalized spacial score (nSPS) is 10.6. The highest BCUT2D eigenvalue weighted by molar-refractivity contribution is 5.91. The van der Waals surface area contributed by atoms with E-state index in [1.807, 2.05) is 12.1 Å². The van der Waals surface area contributed by atoms with Crippen LogP contribution in [0.3, 0.4) is 0 Å². The summed E-state index contributed by atoms with van der Waals surface area (Å²) in [6, 6.07) is 8.79. The molecule has 3 aromatic rings. The predicted octanol–water partition coefficient (Wildman–Crippen LogP) is 2.44. The Bertz CT molecular complexity index is 728. The first-order chi connectivity index (χ1) is 9.28. The molecule has 5 heteroatoms. The number of aromatic nitrogens is 3. The SMILES string of the molecule is CNc1nc(-c2cccnc2)nc2ccc(O)cc12. The standard InChI is InChI=1S/C14H12N4O/c1-15-14-11-7-10(19)4-5-12(11)17-13(18-14)9-3-2-6-16-8-9/h2-8,19H,1H3,(H,15,17,18). The fourth-order valence-electron chi connectivity index (χ4n) is 1.93. The Morgan fingerprint density at radius 3 is 2.79 bits per heavy atom. The molecule has 2 N–H and O–H groups in total. The molecule has 2 heterocycles. The lowest BCUT2D eigenvalue weighted by molar-refractivity contribution is 0.476. The predicted molar refractivity (Wildman–Crippen MR) is 74.0 cm³/mol. The number of hydrogen-bond donors (Lipinski definition) is 2. The fraction of sp³-hybridized carbons (Fsp3) is 0.0714. The first-order valence-electron chi connectivity index (χ1n) is 5.87. The zero-order valence-corrected chi connectivity index (χ0v) is 10.3. The first kappa shape index (κ1) is 11.4. The Balaban J connectivity index is 2.26. The van der Waals surface area contributed by atoms with E-state index in [0.29, 0.717) is 11.6 Å². The lowest BCUT2D eigenvalue weighted by Crippen LogP contribution is -1.98. The van der Waals surface area contributed by atoms with Crippen LogP contribution < -0.4 is 5.32 Å². The fourth-order valence-corrected chi connectivity index (χ4v) is 1.93. The Morgan fingerprint density at radius 1 is 1.16 bits per heavy atom. The molecule has 0 aliphatic heterocycles. The number of fused-ring (bicyclic) bond motifs is 1. The summed E-state index contributed by atoms with van der Waals surface area (Å²) < 4.78 is 0. The molecule has 0 saturated heterocycles. The van der Waals surface area contributed by atoms with Gasteiger partial charge in [-0.2, -0.15) is 0 Å². The number of benzene rings is 1. The van der Waals surface area contributed by atoms with E-state index >= 15 is 0 Å². The quantitative estimate of drug-likeness (QED) is 0.733. The zero-order valence-electron chi connectivity index (χ0n) is 10.3. The molecule has 0 radical (unpaired) electrons. The number of phenolic OH excluding ortho intramolecular Hbond substituents is 1. The number of phenols is 1. The molecule has 0 amide bonds. The van der Waals surface area contributed by atoms with E-state index in [1.54, 1.807) is 37.6 Å². The van der Waals surface area contributed by atoms with Crippen LogP contribution in [0.15, 0.2) is 42.7 Å². The second-order valence-corrected chi connectivity index (χ2v) is 4.09. The molecule has 0 saturated carbocycles. The van der Waals surface area contributed by atoms with Crippen molar-refractivity contribution < 1.29 is 5.11 Å². The molecule has 0 spiro atoms. The van der Waals surface area contributed by atoms with Crippen LogP contribution >= 0.6 is 0 Å². The van der Waals surface area contributed by atoms with Crippen LogP contribution in [0.5, 0.6) is 5.75 Å². The lowest BCUT2D eigenvalue weighted by atomic mass is 10.2. The van der Waals surface area contributed by atoms with Gasteiger partial charge in [-0.15, -0.1) is 0 Å². The molecule has 19 heavy (non-hydrogen) atoms. The van der Waals surface area contributed by atoms with Crippen molar-refractivity contribution in [2.75, 3.05) is 12.4 Å². The topological polar surface area (TPSA) is 70.9 Å². The molecule has 0 unspecified atom stereocenters. The van der Waals surface area contributed by atoms with Gasteiger partial charge in [0.2, 0.25) is 0 Å². The van der Waals surface area contributed by atoms with Gasteiger partial charge in [0.25, 0.3) is 0 Å². The second-order valence-electron chi connectivity index (χ2n) is 4.09. The summed E-state index contributed by atoms with van der Waals surface area (Å²) in [6.45, 7) is 0. The smallest absolute Gasteiger partial charge is 0.163 e. The molecule has 0 aliphatic carbocycles. The number of nitrogens with one attached hydrogen (secondary N) is 1. The van der Waals surface area contributed by atoms with E-state index < -0.39 is 0 Å². The van der Waals surface area contributed by atoms with Crippen molar-refractivity contribution in [3.8, 4) is 17.1 Å². The monoisotopic (exact) mass is 252 g/mol. The van der Waals surface area contributed by atoms with E-state index in [4.69, 9.17) is 0 Å². The summed E-state index contributed by atoms with van der Waals surface area (Å²) in [5.74, 6) is 1.48. The largest absolute Gasteiger partial charge is 0.508 e. The van der Waals surface area contributed by atoms with Crippen molar-refractivity contribution in [1.29, 1.82) is 0 Å². The maximum absolute atomic E-state index is 9.54. The molecule has 1 aromatic carbocycles. The third-order valence-corrected chi connectivity index (χ3v) is 2.84. The molecular formula is C14H12N4O. The third kappa shape index (κ3) is 2.06. The van der Waals surface area contributed by atoms with E-state index in [2.05, 4.69) is 20.3 Å². The highest BCUT2D eigenvalue weighted by Crippen LogP contribution is 2.27. The Kier molecular flexibility index (Phi) is 2.72. The molecule has 0 atom stereocenters. The van der Waals surface area contributed by atoms with Crippen LogP contribution in [0.4, 0.5) is 5.82 Å². The van der Waals surface area contributed by atoms with Crippen molar-refractivity contribution in [2.45, 2.75) is 0 Å². The molecule has 0 aliphatic rings. The second kappa shape index (κ2) is 4.53. The van der Waals surface area contributed by atoms with Gasteiger partial charge in [-0.05, 0) is 30.3 Å². The van der Waals surface area contributed by atoms with Crippen LogP contribution in [0.1, 0.15) is 0 Å². The van der Waals surface area contributed by atoms with Crippen LogP contribution in [0.2, 0.25) is 0 Å². The van der Waals surface area contributed by atoms with Gasteiger partial charge >= 0.3 is 0 Å². The summed E-state index contributed by atoms with van der Waals surface area (Å²) >= 11 is 0. The third-order valence-electron chi connectivity index (χ3n) is 2.84. The number of aromatic hydroxyl groups is 1. The van der Waals surface area contributed by atoms with Crippen molar-refractivity contribution >= 4 is 16.7 Å². The zero-order chi connectivity index (χ0) is 13.2. The molecule has 3 rings (SSSR count). The van der Waals surface area contributed by atoms with Crippen molar-refractivity contribution in [2.24, 2.45) is 0 Å². The van der Waals surface area contributed by atoms with Crippen molar-refractivity contribution in [1.82, 2.24) is 15.0 Å². The van der Waals surface area contributed by atoms with Gasteiger partial charge in [0.05, 0.1) is 5.52 Å². The van der Waals surface area contributed by atoms with Gasteiger partial charge in [0, 0.05) is 30.4 Å². The minimum Gasteiger partial charge on any atom is -0.508 e. The van der Waals surface area contributed by atoms with E-state index in [9.17, 15) is 5.11 Å². The summed E-state index contributed by atoms with van der Waals surface area (Å²) in [5, 5.41) is 13.4. The highest BCUT2D eigenvalue weighted by atomic mass is 16.3. The summed E-state index contributed by atoms with van der Waals surface area (Å²) in [5.41, 5.74) is 1.63. The molecule has 94 valence electrons. The molecule has 2 aromatic heterocycles. The highest BCUT2D eigenvalue weighted by Gasteiger charge is 2.09. The van der Waals surface area contributed by atoms with Crippen LogP contribution in [-0.4, -0.2) is 27.1 Å². The van der Waals surface area contributed by atoms with Crippen molar-refractivity contribution in [3.05, 3.63) is 42.7 Å². The number of rotatable bonds is 2. The van der Waals surface area contributed by atoms with Crippen LogP contribution in [-0.2, 0) is 0 Å². The van der Waals surface area contributed by atoms with Crippen LogP contribution in [0.25, 0.3) is 22.3 Å². The average molecular weight is 252 g/mol.